The Kier molecular flexibility index (Phi) is 13.8. The summed E-state index contributed by atoms with van der Waals surface area (Å²) >= 11 is 1.46. The molecule has 0 atom stereocenters. The van der Waals surface area contributed by atoms with Gasteiger partial charge in [-0.3, -0.25) is 0 Å². The average molecular weight is 703 g/mol. The summed E-state index contributed by atoms with van der Waals surface area (Å²) in [5.74, 6) is 0. The molecule has 0 spiro atoms. The second kappa shape index (κ2) is 16.1. The molecule has 5 heteroatoms. The van der Waals surface area contributed by atoms with Gasteiger partial charge in [-0.15, -0.1) is 69.7 Å². The van der Waals surface area contributed by atoms with Crippen molar-refractivity contribution in [2.24, 2.45) is 0 Å². The quantitative estimate of drug-likeness (QED) is 0.196. The zero-order valence-corrected chi connectivity index (χ0v) is 31.4. The Morgan fingerprint density at radius 2 is 0.786 bits per heavy atom. The van der Waals surface area contributed by atoms with Gasteiger partial charge >= 0.3 is 99.2 Å². The van der Waals surface area contributed by atoms with Gasteiger partial charge in [0.25, 0.3) is 0 Å². The Morgan fingerprint density at radius 3 is 1.10 bits per heavy atom. The van der Waals surface area contributed by atoms with E-state index in [9.17, 15) is 0 Å². The normalized spacial score (nSPS) is 10.9. The Morgan fingerprint density at radius 1 is 0.476 bits per heavy atom. The van der Waals surface area contributed by atoms with Crippen LogP contribution in [-0.2, 0) is 24.2 Å². The number of hydrogen-bond donors (Lipinski definition) is 0. The van der Waals surface area contributed by atoms with Gasteiger partial charge in [0.1, 0.15) is 0 Å². The van der Waals surface area contributed by atoms with Gasteiger partial charge in [0.05, 0.1) is 16.1 Å². The SMILES string of the molecule is C[Si](C)(C)c1cc2ccccc2[cH-]1.C[Si](C)(C)c1cc2ccccc2[cH-]1.[Cl-].[Cl-].[Zr+2]=[C](c1ccccc1)c1ccccc1. The second-order valence-electron chi connectivity index (χ2n) is 12.4. The summed E-state index contributed by atoms with van der Waals surface area (Å²) in [6, 6.07) is 47.7. The van der Waals surface area contributed by atoms with E-state index in [4.69, 9.17) is 0 Å². The zero-order chi connectivity index (χ0) is 28.8. The van der Waals surface area contributed by atoms with Crippen molar-refractivity contribution in [2.75, 3.05) is 0 Å². The first-order valence-electron chi connectivity index (χ1n) is 14.0. The molecule has 0 heterocycles. The van der Waals surface area contributed by atoms with Gasteiger partial charge in [-0.05, 0) is 0 Å². The molecule has 42 heavy (non-hydrogen) atoms. The van der Waals surface area contributed by atoms with Crippen molar-refractivity contribution in [1.29, 1.82) is 0 Å². The van der Waals surface area contributed by atoms with Gasteiger partial charge < -0.3 is 24.8 Å². The number of fused-ring (bicyclic) bond motifs is 2. The molecular formula is C37H40Cl2Si2Zr-2. The van der Waals surface area contributed by atoms with Crippen molar-refractivity contribution in [3.05, 3.63) is 145 Å². The number of benzene rings is 4. The molecule has 0 saturated heterocycles. The summed E-state index contributed by atoms with van der Waals surface area (Å²) in [6.07, 6.45) is 0. The van der Waals surface area contributed by atoms with Crippen LogP contribution in [0.4, 0.5) is 0 Å². The minimum atomic E-state index is -1.12. The van der Waals surface area contributed by atoms with Crippen molar-refractivity contribution in [3.63, 3.8) is 0 Å². The van der Waals surface area contributed by atoms with E-state index in [-0.39, 0.29) is 24.8 Å². The van der Waals surface area contributed by atoms with Crippen LogP contribution in [0.1, 0.15) is 11.1 Å². The molecule has 0 radical (unpaired) electrons. The van der Waals surface area contributed by atoms with E-state index in [0.29, 0.717) is 0 Å². The Hall–Kier alpha value is -2.13. The van der Waals surface area contributed by atoms with E-state index >= 15 is 0 Å². The van der Waals surface area contributed by atoms with Crippen molar-refractivity contribution in [1.82, 2.24) is 0 Å². The van der Waals surface area contributed by atoms with Gasteiger partial charge in [0.15, 0.2) is 0 Å². The maximum atomic E-state index is 2.39. The molecule has 0 aliphatic rings. The molecule has 0 bridgehead atoms. The summed E-state index contributed by atoms with van der Waals surface area (Å²) in [5.41, 5.74) is 2.66. The van der Waals surface area contributed by atoms with Crippen LogP contribution in [0.25, 0.3) is 21.5 Å². The molecule has 6 aromatic rings. The maximum absolute atomic E-state index is 2.39. The van der Waals surface area contributed by atoms with Gasteiger partial charge in [-0.1, -0.05) is 51.4 Å². The van der Waals surface area contributed by atoms with E-state index in [0.717, 1.165) is 0 Å². The van der Waals surface area contributed by atoms with Crippen molar-refractivity contribution in [3.8, 4) is 0 Å². The first-order valence-corrected chi connectivity index (χ1v) is 22.3. The number of halogens is 2. The molecule has 0 nitrogen and oxygen atoms in total. The summed E-state index contributed by atoms with van der Waals surface area (Å²) in [5, 5.41) is 8.68. The van der Waals surface area contributed by atoms with Gasteiger partial charge in [-0.25, -0.2) is 0 Å². The summed E-state index contributed by atoms with van der Waals surface area (Å²) in [7, 11) is -2.23. The summed E-state index contributed by atoms with van der Waals surface area (Å²) in [6.45, 7) is 14.3. The van der Waals surface area contributed by atoms with Crippen molar-refractivity contribution in [2.45, 2.75) is 39.3 Å². The van der Waals surface area contributed by atoms with Crippen LogP contribution in [-0.4, -0.2) is 19.4 Å². The Bertz CT molecular complexity index is 1480. The summed E-state index contributed by atoms with van der Waals surface area (Å²) in [4.78, 5) is 0. The Balaban J connectivity index is 0.000000215. The second-order valence-corrected chi connectivity index (χ2v) is 23.7. The van der Waals surface area contributed by atoms with Crippen LogP contribution in [0, 0.1) is 0 Å². The standard InChI is InChI=1S/C13H10.2C12H15Si.2ClH.Zr/c1-3-7-12(8-4-1)11-13-9-5-2-6-10-13;2*1-13(2,3)12-8-10-6-4-5-7-11(10)9-12;;;/h1-10H;2*4-9H,1-3H3;2*1H;/q;2*-1;;;+2/p-2. The van der Waals surface area contributed by atoms with E-state index in [2.05, 4.69) is 173 Å². The molecule has 216 valence electrons. The van der Waals surface area contributed by atoms with Crippen molar-refractivity contribution >= 4 is 51.3 Å². The molecule has 0 saturated carbocycles. The summed E-state index contributed by atoms with van der Waals surface area (Å²) < 4.78 is 1.42. The third-order valence-corrected chi connectivity index (χ3v) is 12.6. The van der Waals surface area contributed by atoms with Crippen LogP contribution in [0.2, 0.25) is 39.3 Å². The van der Waals surface area contributed by atoms with E-state index in [1.54, 1.807) is 10.4 Å². The molecular weight excluding hydrogens is 663 g/mol. The molecule has 0 aliphatic heterocycles. The fourth-order valence-electron chi connectivity index (χ4n) is 4.54. The van der Waals surface area contributed by atoms with Crippen LogP contribution in [0.5, 0.6) is 0 Å². The van der Waals surface area contributed by atoms with Crippen LogP contribution >= 0.6 is 0 Å². The number of hydrogen-bond acceptors (Lipinski definition) is 0. The predicted molar refractivity (Wildman–Crippen MR) is 181 cm³/mol. The molecule has 0 amide bonds. The van der Waals surface area contributed by atoms with Crippen LogP contribution < -0.4 is 35.2 Å². The van der Waals surface area contributed by atoms with Crippen LogP contribution in [0.3, 0.4) is 0 Å². The molecule has 0 unspecified atom stereocenters. The molecule has 0 fully saturated rings. The topological polar surface area (TPSA) is 0 Å². The van der Waals surface area contributed by atoms with Gasteiger partial charge in [0, 0.05) is 0 Å². The molecule has 0 aromatic heterocycles. The monoisotopic (exact) mass is 700 g/mol. The van der Waals surface area contributed by atoms with E-state index < -0.39 is 16.1 Å². The van der Waals surface area contributed by atoms with Crippen LogP contribution in [0.15, 0.2) is 133 Å². The molecule has 0 aliphatic carbocycles. The van der Waals surface area contributed by atoms with Gasteiger partial charge in [-0.2, -0.15) is 22.9 Å². The molecule has 6 rings (SSSR count). The number of rotatable bonds is 4. The average Bonchev–Trinajstić information content (AvgIpc) is 3.59. The first kappa shape index (κ1) is 36.1. The third kappa shape index (κ3) is 9.96. The van der Waals surface area contributed by atoms with E-state index in [1.165, 1.54) is 60.1 Å². The molecule has 6 aromatic carbocycles. The first-order chi connectivity index (χ1) is 19.0. The Labute approximate surface area is 282 Å². The minimum absolute atomic E-state index is 0. The fraction of sp³-hybridized carbons (Fsp3) is 0.162. The van der Waals surface area contributed by atoms with E-state index in [1.807, 2.05) is 0 Å². The van der Waals surface area contributed by atoms with Crippen molar-refractivity contribution < 1.29 is 49.0 Å². The van der Waals surface area contributed by atoms with Gasteiger partial charge in [0.2, 0.25) is 0 Å². The molecule has 0 N–H and O–H groups in total. The zero-order valence-electron chi connectivity index (χ0n) is 25.5. The predicted octanol–water partition coefficient (Wildman–Crippen LogP) is 3.02. The fourth-order valence-corrected chi connectivity index (χ4v) is 7.72. The third-order valence-electron chi connectivity index (χ3n) is 7.09.